The molecule has 8 nitrogen and oxygen atoms in total. The van der Waals surface area contributed by atoms with Crippen molar-refractivity contribution in [3.05, 3.63) is 41.6 Å². The molecule has 2 aliphatic rings. The average Bonchev–Trinajstić information content (AvgIpc) is 3.47. The molecule has 1 aliphatic heterocycles. The number of sulfonamides is 1. The summed E-state index contributed by atoms with van der Waals surface area (Å²) in [6.45, 7) is 5.22. The quantitative estimate of drug-likeness (QED) is 0.778. The van der Waals surface area contributed by atoms with E-state index in [1.807, 2.05) is 4.68 Å². The average molecular weight is 419 g/mol. The van der Waals surface area contributed by atoms with Gasteiger partial charge in [-0.05, 0) is 50.3 Å². The molecule has 0 bridgehead atoms. The van der Waals surface area contributed by atoms with Crippen molar-refractivity contribution in [3.63, 3.8) is 0 Å². The van der Waals surface area contributed by atoms with Gasteiger partial charge in [-0.15, -0.1) is 0 Å². The van der Waals surface area contributed by atoms with Crippen LogP contribution >= 0.6 is 0 Å². The predicted molar refractivity (Wildman–Crippen MR) is 108 cm³/mol. The van der Waals surface area contributed by atoms with E-state index in [0.717, 1.165) is 0 Å². The van der Waals surface area contributed by atoms with Crippen LogP contribution in [-0.2, 0) is 14.8 Å². The standard InChI is InChI=1S/C20H26N4O4S/c1-14-3-4-17(13-18(14)29(26,27)23-9-11-28-12-10-23)20(25)22-19-7-8-21-24(19)15(2)16-5-6-16/h3-4,7-8,13,15-16H,5-6,9-12H2,1-2H3,(H,22,25)/t15-/m1/s1. The maximum atomic E-state index is 13.0. The minimum absolute atomic E-state index is 0.159. The molecule has 1 saturated carbocycles. The van der Waals surface area contributed by atoms with Gasteiger partial charge < -0.3 is 10.1 Å². The van der Waals surface area contributed by atoms with Crippen LogP contribution < -0.4 is 5.32 Å². The van der Waals surface area contributed by atoms with E-state index in [2.05, 4.69) is 17.3 Å². The highest BCUT2D eigenvalue weighted by molar-refractivity contribution is 7.89. The number of hydrogen-bond donors (Lipinski definition) is 1. The van der Waals surface area contributed by atoms with Gasteiger partial charge in [0.15, 0.2) is 0 Å². The van der Waals surface area contributed by atoms with Crippen molar-refractivity contribution in [2.75, 3.05) is 31.6 Å². The Kier molecular flexibility index (Phi) is 5.46. The Morgan fingerprint density at radius 2 is 1.97 bits per heavy atom. The summed E-state index contributed by atoms with van der Waals surface area (Å²) in [5, 5.41) is 7.22. The van der Waals surface area contributed by atoms with Gasteiger partial charge in [-0.25, -0.2) is 13.1 Å². The zero-order chi connectivity index (χ0) is 20.6. The number of aryl methyl sites for hydroxylation is 1. The highest BCUT2D eigenvalue weighted by Crippen LogP contribution is 2.40. The Morgan fingerprint density at radius 3 is 2.66 bits per heavy atom. The van der Waals surface area contributed by atoms with Crippen LogP contribution in [0.15, 0.2) is 35.4 Å². The molecule has 29 heavy (non-hydrogen) atoms. The first-order valence-electron chi connectivity index (χ1n) is 9.91. The summed E-state index contributed by atoms with van der Waals surface area (Å²) >= 11 is 0. The van der Waals surface area contributed by atoms with E-state index in [4.69, 9.17) is 4.74 Å². The summed E-state index contributed by atoms with van der Waals surface area (Å²) in [5.74, 6) is 0.857. The Balaban J connectivity index is 1.57. The molecule has 1 aliphatic carbocycles. The number of amides is 1. The lowest BCUT2D eigenvalue weighted by molar-refractivity contribution is 0.0730. The van der Waals surface area contributed by atoms with Gasteiger partial charge in [-0.3, -0.25) is 4.79 Å². The van der Waals surface area contributed by atoms with Gasteiger partial charge in [0.1, 0.15) is 5.82 Å². The third-order valence-corrected chi connectivity index (χ3v) is 7.68. The van der Waals surface area contributed by atoms with Crippen LogP contribution in [0.5, 0.6) is 0 Å². The van der Waals surface area contributed by atoms with E-state index < -0.39 is 10.0 Å². The number of carbonyl (C=O) groups is 1. The van der Waals surface area contributed by atoms with Crippen LogP contribution in [0, 0.1) is 12.8 Å². The molecule has 1 aromatic heterocycles. The minimum Gasteiger partial charge on any atom is -0.379 e. The molecule has 4 rings (SSSR count). The summed E-state index contributed by atoms with van der Waals surface area (Å²) in [6, 6.07) is 6.76. The van der Waals surface area contributed by atoms with Crippen molar-refractivity contribution in [2.45, 2.75) is 37.6 Å². The summed E-state index contributed by atoms with van der Waals surface area (Å²) in [5.41, 5.74) is 0.912. The van der Waals surface area contributed by atoms with Crippen LogP contribution in [0.1, 0.15) is 41.7 Å². The zero-order valence-electron chi connectivity index (χ0n) is 16.7. The third kappa shape index (κ3) is 4.08. The van der Waals surface area contributed by atoms with Crippen molar-refractivity contribution in [1.29, 1.82) is 0 Å². The molecule has 1 amide bonds. The molecular formula is C20H26N4O4S. The van der Waals surface area contributed by atoms with E-state index in [-0.39, 0.29) is 16.8 Å². The third-order valence-electron chi connectivity index (χ3n) is 5.64. The first kappa shape index (κ1) is 20.1. The van der Waals surface area contributed by atoms with Gasteiger partial charge in [-0.1, -0.05) is 6.07 Å². The van der Waals surface area contributed by atoms with Crippen LogP contribution in [-0.4, -0.2) is 54.7 Å². The van der Waals surface area contributed by atoms with E-state index in [1.165, 1.54) is 23.2 Å². The van der Waals surface area contributed by atoms with E-state index in [0.29, 0.717) is 49.2 Å². The van der Waals surface area contributed by atoms with Gasteiger partial charge in [0.25, 0.3) is 5.91 Å². The van der Waals surface area contributed by atoms with E-state index >= 15 is 0 Å². The van der Waals surface area contributed by atoms with Gasteiger partial charge in [-0.2, -0.15) is 9.40 Å². The summed E-state index contributed by atoms with van der Waals surface area (Å²) in [6.07, 6.45) is 4.02. The smallest absolute Gasteiger partial charge is 0.256 e. The lowest BCUT2D eigenvalue weighted by Gasteiger charge is -2.26. The first-order chi connectivity index (χ1) is 13.9. The molecule has 1 N–H and O–H groups in total. The van der Waals surface area contributed by atoms with Crippen LogP contribution in [0.25, 0.3) is 0 Å². The molecule has 2 fully saturated rings. The Bertz CT molecular complexity index is 1010. The van der Waals surface area contributed by atoms with E-state index in [9.17, 15) is 13.2 Å². The molecule has 1 atom stereocenters. The molecule has 1 saturated heterocycles. The fourth-order valence-corrected chi connectivity index (χ4v) is 5.31. The predicted octanol–water partition coefficient (Wildman–Crippen LogP) is 2.44. The number of morpholine rings is 1. The number of hydrogen-bond acceptors (Lipinski definition) is 5. The van der Waals surface area contributed by atoms with E-state index in [1.54, 1.807) is 31.3 Å². The molecule has 156 valence electrons. The summed E-state index contributed by atoms with van der Waals surface area (Å²) in [7, 11) is -3.68. The molecule has 2 heterocycles. The van der Waals surface area contributed by atoms with Crippen LogP contribution in [0.4, 0.5) is 5.82 Å². The number of carbonyl (C=O) groups excluding carboxylic acids is 1. The van der Waals surface area contributed by atoms with Crippen molar-refractivity contribution in [3.8, 4) is 0 Å². The Hall–Kier alpha value is -2.23. The summed E-state index contributed by atoms with van der Waals surface area (Å²) in [4.78, 5) is 13.0. The lowest BCUT2D eigenvalue weighted by Crippen LogP contribution is -2.40. The fraction of sp³-hybridized carbons (Fsp3) is 0.500. The molecule has 0 unspecified atom stereocenters. The van der Waals surface area contributed by atoms with Crippen molar-refractivity contribution in [1.82, 2.24) is 14.1 Å². The number of anilines is 1. The number of rotatable bonds is 6. The second-order valence-electron chi connectivity index (χ2n) is 7.69. The molecule has 0 spiro atoms. The van der Waals surface area contributed by atoms with Crippen LogP contribution in [0.3, 0.4) is 0 Å². The monoisotopic (exact) mass is 418 g/mol. The SMILES string of the molecule is Cc1ccc(C(=O)Nc2ccnn2[C@H](C)C2CC2)cc1S(=O)(=O)N1CCOCC1. The number of nitrogens with one attached hydrogen (secondary N) is 1. The number of nitrogens with zero attached hydrogens (tertiary/aromatic N) is 3. The minimum atomic E-state index is -3.68. The van der Waals surface area contributed by atoms with Crippen LogP contribution in [0.2, 0.25) is 0 Å². The normalized spacial score (nSPS) is 19.1. The Morgan fingerprint density at radius 1 is 1.24 bits per heavy atom. The maximum Gasteiger partial charge on any atom is 0.256 e. The highest BCUT2D eigenvalue weighted by atomic mass is 32.2. The molecule has 2 aromatic rings. The fourth-order valence-electron chi connectivity index (χ4n) is 3.65. The van der Waals surface area contributed by atoms with Crippen molar-refractivity contribution in [2.24, 2.45) is 5.92 Å². The van der Waals surface area contributed by atoms with Gasteiger partial charge >= 0.3 is 0 Å². The molecule has 9 heteroatoms. The molecule has 1 aromatic carbocycles. The lowest BCUT2D eigenvalue weighted by atomic mass is 10.1. The van der Waals surface area contributed by atoms with Gasteiger partial charge in [0, 0.05) is 24.7 Å². The summed E-state index contributed by atoms with van der Waals surface area (Å²) < 4.78 is 34.6. The topological polar surface area (TPSA) is 93.5 Å². The largest absolute Gasteiger partial charge is 0.379 e. The highest BCUT2D eigenvalue weighted by Gasteiger charge is 2.31. The zero-order valence-corrected chi connectivity index (χ0v) is 17.5. The second-order valence-corrected chi connectivity index (χ2v) is 9.60. The van der Waals surface area contributed by atoms with Gasteiger partial charge in [0.2, 0.25) is 10.0 Å². The van der Waals surface area contributed by atoms with Gasteiger partial charge in [0.05, 0.1) is 30.3 Å². The molecular weight excluding hydrogens is 392 g/mol. The maximum absolute atomic E-state index is 13.0. The number of aromatic nitrogens is 2. The number of benzene rings is 1. The molecule has 0 radical (unpaired) electrons. The Labute approximate surface area is 170 Å². The second kappa shape index (κ2) is 7.89. The first-order valence-corrected chi connectivity index (χ1v) is 11.4. The number of ether oxygens (including phenoxy) is 1. The van der Waals surface area contributed by atoms with Crippen molar-refractivity contribution < 1.29 is 17.9 Å². The van der Waals surface area contributed by atoms with Crippen molar-refractivity contribution >= 4 is 21.7 Å².